The maximum absolute atomic E-state index is 11.9. The van der Waals surface area contributed by atoms with Crippen LogP contribution in [0.4, 0.5) is 11.4 Å². The number of nitrogens with one attached hydrogen (secondary N) is 2. The Morgan fingerprint density at radius 2 is 0.814 bits per heavy atom. The van der Waals surface area contributed by atoms with Crippen LogP contribution in [0.5, 0.6) is 0 Å². The molecule has 0 aliphatic rings. The van der Waals surface area contributed by atoms with Crippen LogP contribution in [-0.2, 0) is 72.9 Å². The third kappa shape index (κ3) is 28.8. The Kier molecular flexibility index (Phi) is 42.5. The molecular formula is C70H61Cl14I2N13O19. The zero-order chi connectivity index (χ0) is 89.2. The molecule has 0 bridgehead atoms. The van der Waals surface area contributed by atoms with E-state index < -0.39 is 62.7 Å². The Morgan fingerprint density at radius 1 is 0.424 bits per heavy atom. The molecule has 32 nitrogen and oxygen atoms in total. The first-order valence-electron chi connectivity index (χ1n) is 33.0. The number of Topliss-reactive ketones (excluding diaryl/α,β-unsaturated/α-hetero) is 1. The second-order valence-electron chi connectivity index (χ2n) is 22.2. The van der Waals surface area contributed by atoms with Gasteiger partial charge in [-0.05, 0) is 173 Å². The number of H-pyrrole nitrogens is 2. The molecule has 0 amide bonds. The summed E-state index contributed by atoms with van der Waals surface area (Å²) in [5.74, 6) is -5.50. The molecule has 0 aliphatic heterocycles. The average Bonchev–Trinajstić information content (AvgIpc) is 1.62. The van der Waals surface area contributed by atoms with Crippen molar-refractivity contribution in [2.75, 3.05) is 46.8 Å². The Bertz CT molecular complexity index is 5420. The predicted molar refractivity (Wildman–Crippen MR) is 467 cm³/mol. The van der Waals surface area contributed by atoms with Crippen molar-refractivity contribution in [1.29, 1.82) is 0 Å². The van der Waals surface area contributed by atoms with Crippen molar-refractivity contribution in [2.45, 2.75) is 68.7 Å². The molecule has 11 aromatic heterocycles. The number of nitro groups is 2. The monoisotopic (exact) mass is 2130 g/mol. The lowest BCUT2D eigenvalue weighted by atomic mass is 10.1. The van der Waals surface area contributed by atoms with Crippen molar-refractivity contribution in [3.05, 3.63) is 199 Å². The van der Waals surface area contributed by atoms with E-state index in [1.54, 1.807) is 114 Å². The molecule has 11 aromatic rings. The number of rotatable bonds is 15. The number of ketones is 1. The van der Waals surface area contributed by atoms with Gasteiger partial charge < -0.3 is 52.3 Å². The molecule has 0 unspecified atom stereocenters. The lowest BCUT2D eigenvalue weighted by Gasteiger charge is -2.05. The Labute approximate surface area is 766 Å². The molecular weight excluding hydrogens is 2080 g/mol. The summed E-state index contributed by atoms with van der Waals surface area (Å²) in [6.07, 6.45) is -0.537. The summed E-state index contributed by atoms with van der Waals surface area (Å²) in [4.78, 5) is 142. The molecule has 0 fully saturated rings. The van der Waals surface area contributed by atoms with Gasteiger partial charge >= 0.3 is 53.2 Å². The number of halogens is 16. The van der Waals surface area contributed by atoms with E-state index in [2.05, 4.69) is 81.7 Å². The molecule has 0 aromatic carbocycles. The van der Waals surface area contributed by atoms with E-state index >= 15 is 0 Å². The molecule has 2 N–H and O–H groups in total. The molecule has 632 valence electrons. The first kappa shape index (κ1) is 103. The summed E-state index contributed by atoms with van der Waals surface area (Å²) in [6, 6.07) is 14.3. The number of aromatic nitrogens is 11. The van der Waals surface area contributed by atoms with Crippen LogP contribution < -0.4 is 0 Å². The van der Waals surface area contributed by atoms with Crippen molar-refractivity contribution in [2.24, 2.45) is 14.1 Å². The largest absolute Gasteiger partial charge is 0.463 e. The minimum Gasteiger partial charge on any atom is -0.463 e. The fourth-order valence-electron chi connectivity index (χ4n) is 9.64. The maximum Gasteiger partial charge on any atom is 0.417 e. The standard InChI is InChI=1S/C12H12Cl2N2O2.C11H9Cl2IN2O2.C10H7Cl2IN2O2.C10H8Cl2N2O2.C9H6Cl2N2O5.C6H4Cl2N2O2.C6H5Cl2N.C6H10O4/c1-4-18-12(17)9-6(2)7-5-8(13)15-11(14)10(7)16(9)3;1-3-18-11(17)9-7(14)5-4-6(12)15-10(13)8(5)16(9)2;1-2-17-10(16)8-6(13)4-3-5(11)14-9(12)7(4)15-8;1-2-16-10(15)6-3-5-4-7(11)14-9(12)8(5)13-6;1-18-9(15)5(14)2-4-3-6(10)12-8(11)7(4)13(16)17;1-3-2-4(7)9-6(8)5(3)10(11)12;1-4-2-5(7)9-6(8)3-4;1-3-9-5(7)6(8)10-4-2/h5H,4H2,1-3H3;4H,3H2,1-2H3;3,15H,2H2,1H3;3-4,13H,2H2,1H3;3H,2H2,1H3;2H,1H3;2-3H,1H3;3-4H2,1-2H3. The number of nitrogens with zero attached hydrogens (tertiary/aromatic N) is 11. The predicted octanol–water partition coefficient (Wildman–Crippen LogP) is 20.7. The summed E-state index contributed by atoms with van der Waals surface area (Å²) in [6.45, 7) is 17.2. The average molecular weight is 2140 g/mol. The summed E-state index contributed by atoms with van der Waals surface area (Å²) in [7, 11) is 4.53. The van der Waals surface area contributed by atoms with E-state index in [1.165, 1.54) is 6.07 Å². The lowest BCUT2D eigenvalue weighted by molar-refractivity contribution is -0.385. The van der Waals surface area contributed by atoms with Crippen LogP contribution in [0.25, 0.3) is 43.6 Å². The van der Waals surface area contributed by atoms with Crippen LogP contribution in [0.3, 0.4) is 0 Å². The summed E-state index contributed by atoms with van der Waals surface area (Å²) >= 11 is 84.6. The lowest BCUT2D eigenvalue weighted by Crippen LogP contribution is -2.19. The van der Waals surface area contributed by atoms with Gasteiger partial charge in [-0.1, -0.05) is 162 Å². The van der Waals surface area contributed by atoms with Gasteiger partial charge in [0.05, 0.1) is 92.2 Å². The maximum atomic E-state index is 11.9. The highest BCUT2D eigenvalue weighted by Crippen LogP contribution is 2.37. The Balaban J connectivity index is 0.000000287. The molecule has 0 saturated heterocycles. The van der Waals surface area contributed by atoms with E-state index in [0.717, 1.165) is 53.0 Å². The zero-order valence-corrected chi connectivity index (χ0v) is 77.8. The number of pyridine rings is 7. The SMILES string of the molecule is CCOC(=O)C(=O)OCC.CCOC(=O)c1[nH]c2c(Cl)nc(Cl)cc2c1I.CCOC(=O)c1c(C)c2cc(Cl)nc(Cl)c2n1C.CCOC(=O)c1c(I)c2cc(Cl)nc(Cl)c2n1C.CCOC(=O)c1cc2cc(Cl)nc(Cl)c2[nH]1.COC(=O)C(=O)Cc1cc(Cl)nc(Cl)c1[N+](=O)[O-].Cc1cc(Cl)nc(Cl)c1.Cc1cc(Cl)nc(Cl)c1[N+](=O)[O-]. The van der Waals surface area contributed by atoms with Crippen LogP contribution in [0.2, 0.25) is 72.1 Å². The van der Waals surface area contributed by atoms with Gasteiger partial charge in [-0.15, -0.1) is 0 Å². The van der Waals surface area contributed by atoms with E-state index in [1.807, 2.05) is 36.4 Å². The van der Waals surface area contributed by atoms with E-state index in [4.69, 9.17) is 181 Å². The fourth-order valence-corrected chi connectivity index (χ4v) is 15.2. The number of aromatic amines is 2. The number of methoxy groups -OCH3 is 1. The minimum atomic E-state index is -1.10. The van der Waals surface area contributed by atoms with Gasteiger partial charge in [-0.3, -0.25) is 25.0 Å². The molecule has 118 heavy (non-hydrogen) atoms. The third-order valence-electron chi connectivity index (χ3n) is 14.3. The Morgan fingerprint density at radius 3 is 1.29 bits per heavy atom. The van der Waals surface area contributed by atoms with Gasteiger partial charge in [0.2, 0.25) is 16.1 Å². The van der Waals surface area contributed by atoms with Crippen molar-refractivity contribution in [3.63, 3.8) is 0 Å². The molecule has 0 radical (unpaired) electrons. The van der Waals surface area contributed by atoms with Gasteiger partial charge in [0.25, 0.3) is 0 Å². The fraction of sp³-hybridized carbons (Fsp3) is 0.271. The second kappa shape index (κ2) is 48.8. The number of aryl methyl sites for hydroxylation is 5. The molecule has 11 rings (SSSR count). The van der Waals surface area contributed by atoms with E-state index in [-0.39, 0.29) is 82.8 Å². The number of hydrogen-bond donors (Lipinski definition) is 2. The van der Waals surface area contributed by atoms with Gasteiger partial charge in [-0.2, -0.15) is 0 Å². The first-order valence-corrected chi connectivity index (χ1v) is 40.4. The first-order chi connectivity index (χ1) is 55.4. The van der Waals surface area contributed by atoms with E-state index in [0.29, 0.717) is 97.4 Å². The van der Waals surface area contributed by atoms with Crippen molar-refractivity contribution in [1.82, 2.24) is 54.0 Å². The van der Waals surface area contributed by atoms with Crippen molar-refractivity contribution < 1.29 is 81.4 Å². The van der Waals surface area contributed by atoms with Gasteiger partial charge in [0.1, 0.15) is 64.0 Å². The minimum absolute atomic E-state index is 0.0969. The number of hydrogen-bond acceptors (Lipinski definition) is 26. The summed E-state index contributed by atoms with van der Waals surface area (Å²) in [5, 5.41) is 26.8. The van der Waals surface area contributed by atoms with Crippen molar-refractivity contribution in [3.8, 4) is 0 Å². The van der Waals surface area contributed by atoms with Crippen LogP contribution in [0.15, 0.2) is 54.6 Å². The summed E-state index contributed by atoms with van der Waals surface area (Å²) < 4.78 is 37.6. The smallest absolute Gasteiger partial charge is 0.417 e. The zero-order valence-electron chi connectivity index (χ0n) is 62.9. The van der Waals surface area contributed by atoms with E-state index in [9.17, 15) is 58.6 Å². The van der Waals surface area contributed by atoms with Crippen LogP contribution in [0, 0.1) is 48.1 Å². The molecule has 0 spiro atoms. The van der Waals surface area contributed by atoms with Gasteiger partial charge in [0, 0.05) is 46.8 Å². The topological polar surface area (TPSA) is 419 Å². The van der Waals surface area contributed by atoms with Gasteiger partial charge in [0.15, 0.2) is 20.6 Å². The van der Waals surface area contributed by atoms with Crippen LogP contribution in [0.1, 0.15) is 106 Å². The Hall–Kier alpha value is -7.51. The highest BCUT2D eigenvalue weighted by atomic mass is 127. The number of ether oxygens (including phenoxy) is 7. The molecule has 48 heteroatoms. The third-order valence-corrected chi connectivity index (χ3v) is 19.7. The molecule has 0 saturated carbocycles. The number of esters is 7. The highest BCUT2D eigenvalue weighted by molar-refractivity contribution is 14.1. The molecule has 0 atom stereocenters. The number of carbonyl (C=O) groups excluding carboxylic acids is 8. The van der Waals surface area contributed by atoms with Gasteiger partial charge in [-0.25, -0.2) is 68.4 Å². The van der Waals surface area contributed by atoms with Crippen LogP contribution in [-0.4, -0.2) is 158 Å². The summed E-state index contributed by atoms with van der Waals surface area (Å²) in [5.41, 5.74) is 5.53. The number of carbonyl (C=O) groups is 8. The quantitative estimate of drug-likeness (QED) is 0.0183. The second-order valence-corrected chi connectivity index (χ2v) is 29.6. The highest BCUT2D eigenvalue weighted by Gasteiger charge is 2.29. The van der Waals surface area contributed by atoms with Crippen LogP contribution >= 0.6 is 208 Å². The number of fused-ring (bicyclic) bond motifs is 4. The van der Waals surface area contributed by atoms with Crippen molar-refractivity contribution >= 4 is 310 Å². The normalized spacial score (nSPS) is 10.3. The molecule has 0 aliphatic carbocycles. The molecule has 11 heterocycles.